The molecule has 0 heterocycles. The summed E-state index contributed by atoms with van der Waals surface area (Å²) in [5, 5.41) is 24.4. The monoisotopic (exact) mass is 360 g/mol. The Labute approximate surface area is 155 Å². The molecule has 0 aliphatic heterocycles. The number of nitro groups is 1. The van der Waals surface area contributed by atoms with Crippen molar-refractivity contribution in [2.24, 2.45) is 0 Å². The Bertz CT molecular complexity index is 677. The first kappa shape index (κ1) is 21.6. The van der Waals surface area contributed by atoms with Crippen LogP contribution in [0.15, 0.2) is 48.5 Å². The summed E-state index contributed by atoms with van der Waals surface area (Å²) in [7, 11) is 0. The molecule has 2 aromatic carbocycles. The van der Waals surface area contributed by atoms with Crippen LogP contribution in [-0.4, -0.2) is 29.3 Å². The average molecular weight is 360 g/mol. The van der Waals surface area contributed by atoms with Crippen LogP contribution in [0, 0.1) is 17.0 Å². The summed E-state index contributed by atoms with van der Waals surface area (Å²) in [5.74, 6) is 0.176. The number of hydrogen-bond acceptors (Lipinski definition) is 5. The summed E-state index contributed by atoms with van der Waals surface area (Å²) >= 11 is 0. The minimum Gasteiger partial charge on any atom is -0.484 e. The van der Waals surface area contributed by atoms with E-state index < -0.39 is 11.0 Å². The Morgan fingerprint density at radius 2 is 1.81 bits per heavy atom. The molecule has 0 radical (unpaired) electrons. The molecule has 0 spiro atoms. The van der Waals surface area contributed by atoms with E-state index in [1.807, 2.05) is 51.1 Å². The fourth-order valence-electron chi connectivity index (χ4n) is 2.40. The van der Waals surface area contributed by atoms with E-state index in [0.29, 0.717) is 12.1 Å². The molecule has 0 bridgehead atoms. The third kappa shape index (κ3) is 6.46. The highest BCUT2D eigenvalue weighted by Gasteiger charge is 2.19. The molecule has 0 aromatic heterocycles. The van der Waals surface area contributed by atoms with Crippen LogP contribution in [0.2, 0.25) is 0 Å². The van der Waals surface area contributed by atoms with Gasteiger partial charge in [0.05, 0.1) is 4.92 Å². The van der Waals surface area contributed by atoms with E-state index in [1.165, 1.54) is 6.07 Å². The topological polar surface area (TPSA) is 84.6 Å². The van der Waals surface area contributed by atoms with Crippen LogP contribution in [0.3, 0.4) is 0 Å². The van der Waals surface area contributed by atoms with Gasteiger partial charge in [-0.15, -0.1) is 0 Å². The standard InChI is InChI=1S/C18H22N2O4.C2H6/c1-13-7-6-10-17(18(13)20(22)23)24-12-16(21)11-19-14(2)15-8-4-3-5-9-15;1-2/h3-10,14,16,19,21H,11-12H2,1-2H3;1-2H3/t14-,16?;/m1./s1. The van der Waals surface area contributed by atoms with Crippen molar-refractivity contribution in [2.75, 3.05) is 13.2 Å². The second-order valence-corrected chi connectivity index (χ2v) is 5.68. The van der Waals surface area contributed by atoms with E-state index in [1.54, 1.807) is 19.1 Å². The molecule has 2 rings (SSSR count). The summed E-state index contributed by atoms with van der Waals surface area (Å²) < 4.78 is 5.45. The highest BCUT2D eigenvalue weighted by atomic mass is 16.6. The maximum Gasteiger partial charge on any atom is 0.313 e. The quantitative estimate of drug-likeness (QED) is 0.549. The van der Waals surface area contributed by atoms with E-state index in [4.69, 9.17) is 4.74 Å². The molecular formula is C20H28N2O4. The van der Waals surface area contributed by atoms with Crippen molar-refractivity contribution >= 4 is 5.69 Å². The first-order chi connectivity index (χ1) is 12.5. The van der Waals surface area contributed by atoms with Crippen LogP contribution in [0.25, 0.3) is 0 Å². The van der Waals surface area contributed by atoms with Crippen molar-refractivity contribution < 1.29 is 14.8 Å². The number of rotatable bonds is 8. The lowest BCUT2D eigenvalue weighted by Crippen LogP contribution is -2.33. The Hall–Kier alpha value is -2.44. The van der Waals surface area contributed by atoms with Crippen LogP contribution in [-0.2, 0) is 0 Å². The molecule has 1 unspecified atom stereocenters. The molecule has 0 amide bonds. The molecule has 6 heteroatoms. The second-order valence-electron chi connectivity index (χ2n) is 5.68. The SMILES string of the molecule is CC.Cc1cccc(OCC(O)CN[C@H](C)c2ccccc2)c1[N+](=O)[O-]. The highest BCUT2D eigenvalue weighted by molar-refractivity contribution is 5.52. The van der Waals surface area contributed by atoms with Crippen LogP contribution >= 0.6 is 0 Å². The van der Waals surface area contributed by atoms with Gasteiger partial charge in [-0.1, -0.05) is 56.3 Å². The van der Waals surface area contributed by atoms with Crippen molar-refractivity contribution in [3.8, 4) is 5.75 Å². The number of ether oxygens (including phenoxy) is 1. The van der Waals surface area contributed by atoms with Gasteiger partial charge in [-0.25, -0.2) is 0 Å². The normalized spacial score (nSPS) is 12.5. The number of benzene rings is 2. The number of hydrogen-bond donors (Lipinski definition) is 2. The van der Waals surface area contributed by atoms with Gasteiger partial charge < -0.3 is 15.2 Å². The molecular weight excluding hydrogens is 332 g/mol. The predicted molar refractivity (Wildman–Crippen MR) is 104 cm³/mol. The first-order valence-corrected chi connectivity index (χ1v) is 8.82. The molecule has 0 saturated heterocycles. The summed E-state index contributed by atoms with van der Waals surface area (Å²) in [6.45, 7) is 7.98. The van der Waals surface area contributed by atoms with Crippen molar-refractivity contribution in [2.45, 2.75) is 39.8 Å². The Kier molecular flexibility index (Phi) is 9.33. The first-order valence-electron chi connectivity index (χ1n) is 8.82. The van der Waals surface area contributed by atoms with Gasteiger partial charge in [0, 0.05) is 18.2 Å². The molecule has 26 heavy (non-hydrogen) atoms. The fourth-order valence-corrected chi connectivity index (χ4v) is 2.40. The molecule has 6 nitrogen and oxygen atoms in total. The van der Waals surface area contributed by atoms with Crippen LogP contribution in [0.4, 0.5) is 5.69 Å². The molecule has 2 atom stereocenters. The molecule has 0 aliphatic carbocycles. The lowest BCUT2D eigenvalue weighted by Gasteiger charge is -2.18. The highest BCUT2D eigenvalue weighted by Crippen LogP contribution is 2.30. The van der Waals surface area contributed by atoms with Crippen molar-refractivity contribution in [1.29, 1.82) is 0 Å². The maximum atomic E-state index is 11.1. The predicted octanol–water partition coefficient (Wildman–Crippen LogP) is 4.02. The lowest BCUT2D eigenvalue weighted by molar-refractivity contribution is -0.386. The minimum absolute atomic E-state index is 0.0151. The molecule has 142 valence electrons. The van der Waals surface area contributed by atoms with E-state index in [0.717, 1.165) is 5.56 Å². The lowest BCUT2D eigenvalue weighted by atomic mass is 10.1. The smallest absolute Gasteiger partial charge is 0.313 e. The number of aliphatic hydroxyl groups is 1. The number of nitrogens with one attached hydrogen (secondary N) is 1. The number of aliphatic hydroxyl groups excluding tert-OH is 1. The van der Waals surface area contributed by atoms with Gasteiger partial charge in [-0.3, -0.25) is 10.1 Å². The van der Waals surface area contributed by atoms with Crippen molar-refractivity contribution in [3.63, 3.8) is 0 Å². The summed E-state index contributed by atoms with van der Waals surface area (Å²) in [6, 6.07) is 14.9. The van der Waals surface area contributed by atoms with Gasteiger partial charge in [0.1, 0.15) is 12.7 Å². The molecule has 2 N–H and O–H groups in total. The van der Waals surface area contributed by atoms with Gasteiger partial charge in [-0.2, -0.15) is 0 Å². The van der Waals surface area contributed by atoms with Gasteiger partial charge in [-0.05, 0) is 25.5 Å². The fraction of sp³-hybridized carbons (Fsp3) is 0.400. The molecule has 0 saturated carbocycles. The van der Waals surface area contributed by atoms with Gasteiger partial charge in [0.2, 0.25) is 0 Å². The molecule has 0 fully saturated rings. The van der Waals surface area contributed by atoms with Crippen LogP contribution < -0.4 is 10.1 Å². The van der Waals surface area contributed by atoms with Gasteiger partial charge in [0.25, 0.3) is 0 Å². The Morgan fingerprint density at radius 3 is 2.42 bits per heavy atom. The van der Waals surface area contributed by atoms with E-state index in [2.05, 4.69) is 5.32 Å². The van der Waals surface area contributed by atoms with Gasteiger partial charge in [0.15, 0.2) is 5.75 Å². The van der Waals surface area contributed by atoms with Gasteiger partial charge >= 0.3 is 5.69 Å². The summed E-state index contributed by atoms with van der Waals surface area (Å²) in [6.07, 6.45) is -0.767. The number of nitro benzene ring substituents is 1. The zero-order valence-corrected chi connectivity index (χ0v) is 15.8. The minimum atomic E-state index is -0.767. The van der Waals surface area contributed by atoms with Crippen LogP contribution in [0.1, 0.15) is 37.9 Å². The summed E-state index contributed by atoms with van der Waals surface area (Å²) in [5.41, 5.74) is 1.60. The van der Waals surface area contributed by atoms with E-state index >= 15 is 0 Å². The zero-order chi connectivity index (χ0) is 19.5. The zero-order valence-electron chi connectivity index (χ0n) is 15.8. The summed E-state index contributed by atoms with van der Waals surface area (Å²) in [4.78, 5) is 10.6. The second kappa shape index (κ2) is 11.2. The molecule has 0 aliphatic rings. The number of aryl methyl sites for hydroxylation is 1. The largest absolute Gasteiger partial charge is 0.484 e. The Morgan fingerprint density at radius 1 is 1.15 bits per heavy atom. The third-order valence-corrected chi connectivity index (χ3v) is 3.77. The van der Waals surface area contributed by atoms with Crippen LogP contribution in [0.5, 0.6) is 5.75 Å². The average Bonchev–Trinajstić information content (AvgIpc) is 2.66. The van der Waals surface area contributed by atoms with Crippen molar-refractivity contribution in [3.05, 3.63) is 69.8 Å². The van der Waals surface area contributed by atoms with E-state index in [9.17, 15) is 15.2 Å². The van der Waals surface area contributed by atoms with E-state index in [-0.39, 0.29) is 24.1 Å². The third-order valence-electron chi connectivity index (χ3n) is 3.77. The maximum absolute atomic E-state index is 11.1. The number of para-hydroxylation sites is 1. The number of nitrogens with zero attached hydrogens (tertiary/aromatic N) is 1. The van der Waals surface area contributed by atoms with Crippen molar-refractivity contribution in [1.82, 2.24) is 5.32 Å². The Balaban J connectivity index is 0.00000163. The molecule has 2 aromatic rings.